The zero-order valence-corrected chi connectivity index (χ0v) is 27.8. The average Bonchev–Trinajstić information content (AvgIpc) is 3.75. The molecule has 0 aliphatic carbocycles. The van der Waals surface area contributed by atoms with Crippen LogP contribution in [-0.2, 0) is 0 Å². The van der Waals surface area contributed by atoms with E-state index in [1.165, 1.54) is 44.1 Å². The lowest BCUT2D eigenvalue weighted by molar-refractivity contribution is 0.669. The van der Waals surface area contributed by atoms with Gasteiger partial charge in [-0.05, 0) is 101 Å². The van der Waals surface area contributed by atoms with Crippen LogP contribution < -0.4 is 4.90 Å². The van der Waals surface area contributed by atoms with Gasteiger partial charge >= 0.3 is 0 Å². The Morgan fingerprint density at radius 3 is 1.67 bits per heavy atom. The van der Waals surface area contributed by atoms with E-state index < -0.39 is 0 Å². The summed E-state index contributed by atoms with van der Waals surface area (Å²) in [6.07, 6.45) is 0. The van der Waals surface area contributed by atoms with Gasteiger partial charge in [0.2, 0.25) is 0 Å². The van der Waals surface area contributed by atoms with Crippen molar-refractivity contribution in [3.63, 3.8) is 0 Å². The number of furan rings is 1. The Bertz CT molecular complexity index is 2810. The van der Waals surface area contributed by atoms with Crippen LogP contribution in [0.4, 0.5) is 17.1 Å². The first-order valence-electron chi connectivity index (χ1n) is 17.4. The Hall–Kier alpha value is -6.84. The van der Waals surface area contributed by atoms with E-state index >= 15 is 0 Å². The third-order valence-electron chi connectivity index (χ3n) is 9.98. The fourth-order valence-electron chi connectivity index (χ4n) is 7.64. The molecule has 10 rings (SSSR count). The molecule has 3 heteroatoms. The standard InChI is InChI=1S/C48H32N2O/c1-3-15-37(16-4-1)49(38-17-5-2-6-18-38)39-28-25-33(26-29-39)34-13-11-14-35(31-34)36-27-30-44-42(32-36)40-19-7-9-21-43(40)50(44)45-22-12-24-47-48(45)41-20-8-10-23-46(41)51-47/h1-32H. The lowest BCUT2D eigenvalue weighted by Gasteiger charge is -2.25. The molecule has 3 nitrogen and oxygen atoms in total. The van der Waals surface area contributed by atoms with Crippen LogP contribution >= 0.6 is 0 Å². The maximum atomic E-state index is 6.28. The van der Waals surface area contributed by atoms with Crippen LogP contribution in [0.25, 0.3) is 71.7 Å². The van der Waals surface area contributed by atoms with Crippen molar-refractivity contribution in [2.24, 2.45) is 0 Å². The summed E-state index contributed by atoms with van der Waals surface area (Å²) in [7, 11) is 0. The molecule has 2 heterocycles. The number of para-hydroxylation sites is 4. The number of rotatable bonds is 6. The Kier molecular flexibility index (Phi) is 6.81. The number of aromatic nitrogens is 1. The summed E-state index contributed by atoms with van der Waals surface area (Å²) in [4.78, 5) is 2.29. The number of fused-ring (bicyclic) bond motifs is 6. The molecule has 0 aliphatic heterocycles. The Morgan fingerprint density at radius 2 is 0.902 bits per heavy atom. The van der Waals surface area contributed by atoms with Gasteiger partial charge in [0.15, 0.2) is 0 Å². The van der Waals surface area contributed by atoms with Gasteiger partial charge in [-0.1, -0.05) is 115 Å². The monoisotopic (exact) mass is 652 g/mol. The van der Waals surface area contributed by atoms with Crippen molar-refractivity contribution < 1.29 is 4.42 Å². The summed E-state index contributed by atoms with van der Waals surface area (Å²) in [6.45, 7) is 0. The molecule has 10 aromatic rings. The third kappa shape index (κ3) is 4.90. The molecule has 0 saturated carbocycles. The Balaban J connectivity index is 1.05. The van der Waals surface area contributed by atoms with Crippen molar-refractivity contribution in [2.75, 3.05) is 4.90 Å². The highest BCUT2D eigenvalue weighted by molar-refractivity contribution is 6.15. The quantitative estimate of drug-likeness (QED) is 0.178. The summed E-state index contributed by atoms with van der Waals surface area (Å²) in [5.74, 6) is 0. The van der Waals surface area contributed by atoms with E-state index in [4.69, 9.17) is 4.42 Å². The minimum absolute atomic E-state index is 0.897. The van der Waals surface area contributed by atoms with Crippen molar-refractivity contribution in [1.29, 1.82) is 0 Å². The van der Waals surface area contributed by atoms with Crippen LogP contribution in [0.1, 0.15) is 0 Å². The van der Waals surface area contributed by atoms with Crippen molar-refractivity contribution in [3.05, 3.63) is 194 Å². The minimum Gasteiger partial charge on any atom is -0.456 e. The largest absolute Gasteiger partial charge is 0.456 e. The molecule has 0 radical (unpaired) electrons. The number of benzene rings is 8. The van der Waals surface area contributed by atoms with Gasteiger partial charge < -0.3 is 13.9 Å². The summed E-state index contributed by atoms with van der Waals surface area (Å²) in [5, 5.41) is 4.72. The minimum atomic E-state index is 0.897. The summed E-state index contributed by atoms with van der Waals surface area (Å²) in [5.41, 5.74) is 13.4. The van der Waals surface area contributed by atoms with E-state index in [9.17, 15) is 0 Å². The van der Waals surface area contributed by atoms with Crippen LogP contribution in [-0.4, -0.2) is 4.57 Å². The Labute approximate surface area is 295 Å². The van der Waals surface area contributed by atoms with Gasteiger partial charge in [0.05, 0.1) is 22.1 Å². The second-order valence-electron chi connectivity index (χ2n) is 13.0. The molecule has 8 aromatic carbocycles. The summed E-state index contributed by atoms with van der Waals surface area (Å²) in [6, 6.07) is 69.1. The average molecular weight is 653 g/mol. The molecule has 0 atom stereocenters. The first-order valence-corrected chi connectivity index (χ1v) is 17.4. The van der Waals surface area contributed by atoms with Crippen LogP contribution in [0.2, 0.25) is 0 Å². The molecule has 0 saturated heterocycles. The van der Waals surface area contributed by atoms with E-state index in [0.717, 1.165) is 44.7 Å². The zero-order valence-electron chi connectivity index (χ0n) is 27.8. The second kappa shape index (κ2) is 11.9. The van der Waals surface area contributed by atoms with Gasteiger partial charge in [-0.15, -0.1) is 0 Å². The predicted molar refractivity (Wildman–Crippen MR) is 214 cm³/mol. The number of anilines is 3. The molecule has 0 unspecified atom stereocenters. The van der Waals surface area contributed by atoms with Gasteiger partial charge in [0, 0.05) is 33.2 Å². The normalized spacial score (nSPS) is 11.5. The highest BCUT2D eigenvalue weighted by Crippen LogP contribution is 2.40. The van der Waals surface area contributed by atoms with Gasteiger partial charge in [0.1, 0.15) is 11.2 Å². The highest BCUT2D eigenvalue weighted by Gasteiger charge is 2.18. The number of nitrogens with zero attached hydrogens (tertiary/aromatic N) is 2. The van der Waals surface area contributed by atoms with Crippen molar-refractivity contribution in [3.8, 4) is 27.9 Å². The van der Waals surface area contributed by atoms with E-state index in [2.05, 4.69) is 191 Å². The Morgan fingerprint density at radius 1 is 0.353 bits per heavy atom. The van der Waals surface area contributed by atoms with Gasteiger partial charge in [-0.2, -0.15) is 0 Å². The van der Waals surface area contributed by atoms with Gasteiger partial charge in [-0.25, -0.2) is 0 Å². The van der Waals surface area contributed by atoms with Crippen molar-refractivity contribution >= 4 is 60.8 Å². The maximum absolute atomic E-state index is 6.28. The zero-order chi connectivity index (χ0) is 33.7. The molecule has 51 heavy (non-hydrogen) atoms. The van der Waals surface area contributed by atoms with E-state index in [1.807, 2.05) is 12.1 Å². The molecule has 240 valence electrons. The molecule has 2 aromatic heterocycles. The van der Waals surface area contributed by atoms with E-state index in [0.29, 0.717) is 0 Å². The molecule has 0 N–H and O–H groups in total. The van der Waals surface area contributed by atoms with Crippen molar-refractivity contribution in [1.82, 2.24) is 4.57 Å². The molecule has 0 bridgehead atoms. The molecular formula is C48H32N2O. The fraction of sp³-hybridized carbons (Fsp3) is 0. The molecule has 0 spiro atoms. The van der Waals surface area contributed by atoms with Crippen LogP contribution in [0, 0.1) is 0 Å². The predicted octanol–water partition coefficient (Wildman–Crippen LogP) is 13.5. The summed E-state index contributed by atoms with van der Waals surface area (Å²) >= 11 is 0. The first kappa shape index (κ1) is 29.1. The van der Waals surface area contributed by atoms with Gasteiger partial charge in [0.25, 0.3) is 0 Å². The lowest BCUT2D eigenvalue weighted by Crippen LogP contribution is -2.09. The van der Waals surface area contributed by atoms with E-state index in [-0.39, 0.29) is 0 Å². The maximum Gasteiger partial charge on any atom is 0.137 e. The number of hydrogen-bond acceptors (Lipinski definition) is 2. The SMILES string of the molecule is c1ccc(N(c2ccccc2)c2ccc(-c3cccc(-c4ccc5c(c4)c4ccccc4n5-c4cccc5oc6ccccc6c45)c3)cc2)cc1. The second-order valence-corrected chi connectivity index (χ2v) is 13.0. The van der Waals surface area contributed by atoms with E-state index in [1.54, 1.807) is 0 Å². The van der Waals surface area contributed by atoms with Crippen LogP contribution in [0.3, 0.4) is 0 Å². The molecule has 0 aliphatic rings. The first-order chi connectivity index (χ1) is 25.3. The van der Waals surface area contributed by atoms with Crippen LogP contribution in [0.5, 0.6) is 0 Å². The smallest absolute Gasteiger partial charge is 0.137 e. The fourth-order valence-corrected chi connectivity index (χ4v) is 7.64. The highest BCUT2D eigenvalue weighted by atomic mass is 16.3. The van der Waals surface area contributed by atoms with Gasteiger partial charge in [-0.3, -0.25) is 0 Å². The topological polar surface area (TPSA) is 21.3 Å². The molecular weight excluding hydrogens is 621 g/mol. The van der Waals surface area contributed by atoms with Crippen LogP contribution in [0.15, 0.2) is 199 Å². The lowest BCUT2D eigenvalue weighted by atomic mass is 9.97. The van der Waals surface area contributed by atoms with Crippen molar-refractivity contribution in [2.45, 2.75) is 0 Å². The number of hydrogen-bond donors (Lipinski definition) is 0. The molecule has 0 amide bonds. The third-order valence-corrected chi connectivity index (χ3v) is 9.98. The summed E-state index contributed by atoms with van der Waals surface area (Å²) < 4.78 is 8.68. The molecule has 0 fully saturated rings.